The van der Waals surface area contributed by atoms with E-state index in [2.05, 4.69) is 10.2 Å². The molecule has 1 aromatic rings. The molecular weight excluding hydrogens is 290 g/mol. The summed E-state index contributed by atoms with van der Waals surface area (Å²) in [7, 11) is -3.38. The topological polar surface area (TPSA) is 66.5 Å². The molecule has 2 aliphatic heterocycles. The maximum absolute atomic E-state index is 12.5. The highest BCUT2D eigenvalue weighted by molar-refractivity contribution is 7.89. The van der Waals surface area contributed by atoms with Crippen molar-refractivity contribution in [3.8, 4) is 0 Å². The molecule has 0 aromatic heterocycles. The van der Waals surface area contributed by atoms with E-state index < -0.39 is 10.0 Å². The Hall–Kier alpha value is -1.15. The van der Waals surface area contributed by atoms with Gasteiger partial charge in [-0.25, -0.2) is 8.42 Å². The third-order valence-electron chi connectivity index (χ3n) is 4.02. The summed E-state index contributed by atoms with van der Waals surface area (Å²) in [5, 5.41) is 2.30. The molecule has 1 aromatic carbocycles. The maximum Gasteiger partial charge on any atom is 0.243 e. The van der Waals surface area contributed by atoms with Crippen molar-refractivity contribution in [2.75, 3.05) is 57.4 Å². The van der Waals surface area contributed by atoms with Gasteiger partial charge in [-0.15, -0.1) is 0 Å². The van der Waals surface area contributed by atoms with E-state index in [-0.39, 0.29) is 0 Å². The van der Waals surface area contributed by atoms with Crippen molar-refractivity contribution in [3.63, 3.8) is 0 Å². The van der Waals surface area contributed by atoms with Gasteiger partial charge in [0.05, 0.1) is 44.3 Å². The van der Waals surface area contributed by atoms with Gasteiger partial charge >= 0.3 is 0 Å². The van der Waals surface area contributed by atoms with Gasteiger partial charge in [-0.1, -0.05) is 0 Å². The van der Waals surface area contributed by atoms with Crippen LogP contribution in [0.5, 0.6) is 0 Å². The summed E-state index contributed by atoms with van der Waals surface area (Å²) in [5.41, 5.74) is 1.10. The first-order valence-corrected chi connectivity index (χ1v) is 8.86. The normalized spacial score (nSPS) is 21.4. The Balaban J connectivity index is 1.76. The number of nitrogens with two attached hydrogens (primary N) is 1. The molecule has 2 N–H and O–H groups in total. The molecule has 0 saturated carbocycles. The van der Waals surface area contributed by atoms with Crippen LogP contribution in [0.2, 0.25) is 0 Å². The number of rotatable bonds is 3. The first-order chi connectivity index (χ1) is 10.2. The van der Waals surface area contributed by atoms with E-state index >= 15 is 0 Å². The fourth-order valence-corrected chi connectivity index (χ4v) is 4.18. The minimum atomic E-state index is -3.38. The number of anilines is 1. The maximum atomic E-state index is 12.5. The second kappa shape index (κ2) is 6.31. The van der Waals surface area contributed by atoms with Crippen LogP contribution in [0, 0.1) is 0 Å². The molecule has 0 spiro atoms. The van der Waals surface area contributed by atoms with Crippen molar-refractivity contribution < 1.29 is 18.5 Å². The highest BCUT2D eigenvalue weighted by Crippen LogP contribution is 2.21. The van der Waals surface area contributed by atoms with Gasteiger partial charge in [0.25, 0.3) is 0 Å². The molecule has 21 heavy (non-hydrogen) atoms. The smallest absolute Gasteiger partial charge is 0.243 e. The molecule has 0 aliphatic carbocycles. The highest BCUT2D eigenvalue weighted by Gasteiger charge is 2.26. The minimum absolute atomic E-state index is 0.372. The van der Waals surface area contributed by atoms with Crippen LogP contribution in [0.1, 0.15) is 0 Å². The van der Waals surface area contributed by atoms with Crippen LogP contribution in [0.3, 0.4) is 0 Å². The third kappa shape index (κ3) is 3.21. The summed E-state index contributed by atoms with van der Waals surface area (Å²) in [4.78, 5) is 2.67. The number of nitrogens with zero attached hydrogens (tertiary/aromatic N) is 2. The fraction of sp³-hybridized carbons (Fsp3) is 0.571. The monoisotopic (exact) mass is 312 g/mol. The van der Waals surface area contributed by atoms with E-state index in [1.807, 2.05) is 12.1 Å². The highest BCUT2D eigenvalue weighted by atomic mass is 32.2. The average molecular weight is 312 g/mol. The van der Waals surface area contributed by atoms with E-state index in [9.17, 15) is 8.42 Å². The van der Waals surface area contributed by atoms with Crippen molar-refractivity contribution in [1.29, 1.82) is 0 Å². The van der Waals surface area contributed by atoms with E-state index in [1.165, 1.54) is 4.31 Å². The zero-order chi connectivity index (χ0) is 14.7. The van der Waals surface area contributed by atoms with Crippen molar-refractivity contribution in [2.45, 2.75) is 4.90 Å². The predicted molar refractivity (Wildman–Crippen MR) is 79.9 cm³/mol. The number of ether oxygens (including phenoxy) is 1. The number of hydrogen-bond acceptors (Lipinski definition) is 4. The van der Waals surface area contributed by atoms with Gasteiger partial charge in [-0.2, -0.15) is 4.31 Å². The lowest BCUT2D eigenvalue weighted by molar-refractivity contribution is -0.655. The van der Waals surface area contributed by atoms with Crippen molar-refractivity contribution in [3.05, 3.63) is 24.3 Å². The van der Waals surface area contributed by atoms with Crippen molar-refractivity contribution >= 4 is 15.7 Å². The fourth-order valence-electron chi connectivity index (χ4n) is 2.77. The molecule has 2 fully saturated rings. The Morgan fingerprint density at radius 1 is 0.952 bits per heavy atom. The second-order valence-corrected chi connectivity index (χ2v) is 7.30. The predicted octanol–water partition coefficient (Wildman–Crippen LogP) is -0.909. The largest absolute Gasteiger partial charge is 0.379 e. The Kier molecular flexibility index (Phi) is 4.44. The summed E-state index contributed by atoms with van der Waals surface area (Å²) in [6, 6.07) is 7.27. The first-order valence-electron chi connectivity index (χ1n) is 7.42. The summed E-state index contributed by atoms with van der Waals surface area (Å²) >= 11 is 0. The number of quaternary nitrogens is 1. The molecule has 0 atom stereocenters. The first kappa shape index (κ1) is 14.8. The van der Waals surface area contributed by atoms with Crippen LogP contribution in [0.15, 0.2) is 29.2 Å². The second-order valence-electron chi connectivity index (χ2n) is 5.36. The molecule has 116 valence electrons. The lowest BCUT2D eigenvalue weighted by Crippen LogP contribution is -2.89. The van der Waals surface area contributed by atoms with Gasteiger partial charge in [0, 0.05) is 18.8 Å². The van der Waals surface area contributed by atoms with Gasteiger partial charge in [0.2, 0.25) is 10.0 Å². The van der Waals surface area contributed by atoms with Crippen LogP contribution in [-0.4, -0.2) is 65.2 Å². The van der Waals surface area contributed by atoms with E-state index in [1.54, 1.807) is 12.1 Å². The van der Waals surface area contributed by atoms with Gasteiger partial charge in [0.15, 0.2) is 0 Å². The molecule has 3 rings (SSSR count). The molecular formula is C14H22N3O3S+. The van der Waals surface area contributed by atoms with E-state index in [0.29, 0.717) is 31.2 Å². The third-order valence-corrected chi connectivity index (χ3v) is 5.93. The Morgan fingerprint density at radius 2 is 1.57 bits per heavy atom. The number of morpholine rings is 1. The van der Waals surface area contributed by atoms with Crippen LogP contribution in [-0.2, 0) is 14.8 Å². The van der Waals surface area contributed by atoms with Crippen molar-refractivity contribution in [2.24, 2.45) is 0 Å². The van der Waals surface area contributed by atoms with Crippen LogP contribution in [0.4, 0.5) is 5.69 Å². The quantitative estimate of drug-likeness (QED) is 0.785. The number of piperazine rings is 1. The molecule has 2 saturated heterocycles. The Morgan fingerprint density at radius 3 is 2.19 bits per heavy atom. The van der Waals surface area contributed by atoms with Crippen LogP contribution in [0.25, 0.3) is 0 Å². The number of hydrogen-bond donors (Lipinski definition) is 1. The molecule has 6 nitrogen and oxygen atoms in total. The standard InChI is InChI=1S/C14H21N3O3S/c18-21(19,17-9-11-20-12-10-17)14-3-1-13(2-4-14)16-7-5-15-6-8-16/h1-4,15H,5-12H2/p+1. The van der Waals surface area contributed by atoms with Crippen LogP contribution < -0.4 is 10.2 Å². The van der Waals surface area contributed by atoms with Gasteiger partial charge in [-0.3, -0.25) is 0 Å². The van der Waals surface area contributed by atoms with E-state index in [4.69, 9.17) is 4.74 Å². The molecule has 7 heteroatoms. The molecule has 0 radical (unpaired) electrons. The SMILES string of the molecule is O=S(=O)(c1ccc(N2CC[NH2+]CC2)cc1)N1CCOCC1. The minimum Gasteiger partial charge on any atom is -0.379 e. The van der Waals surface area contributed by atoms with Gasteiger partial charge in [0.1, 0.15) is 0 Å². The lowest BCUT2D eigenvalue weighted by atomic mass is 10.2. The summed E-state index contributed by atoms with van der Waals surface area (Å²) < 4.78 is 31.8. The molecule has 0 unspecified atom stereocenters. The zero-order valence-corrected chi connectivity index (χ0v) is 12.9. The summed E-state index contributed by atoms with van der Waals surface area (Å²) in [6.07, 6.45) is 0. The molecule has 2 heterocycles. The molecule has 0 amide bonds. The average Bonchev–Trinajstić information content (AvgIpc) is 2.57. The van der Waals surface area contributed by atoms with Gasteiger partial charge < -0.3 is 15.0 Å². The van der Waals surface area contributed by atoms with Gasteiger partial charge in [-0.05, 0) is 24.3 Å². The Bertz CT molecular complexity index is 562. The summed E-state index contributed by atoms with van der Waals surface area (Å²) in [5.74, 6) is 0. The Labute approximate surface area is 125 Å². The lowest BCUT2D eigenvalue weighted by Gasteiger charge is -2.28. The zero-order valence-electron chi connectivity index (χ0n) is 12.1. The van der Waals surface area contributed by atoms with Crippen molar-refractivity contribution in [1.82, 2.24) is 4.31 Å². The summed E-state index contributed by atoms with van der Waals surface area (Å²) in [6.45, 7) is 6.02. The molecule has 2 aliphatic rings. The number of benzene rings is 1. The molecule has 0 bridgehead atoms. The number of sulfonamides is 1. The van der Waals surface area contributed by atoms with E-state index in [0.717, 1.165) is 31.9 Å². The van der Waals surface area contributed by atoms with Crippen LogP contribution >= 0.6 is 0 Å².